The van der Waals surface area contributed by atoms with E-state index in [1.54, 1.807) is 12.1 Å². The molecule has 1 heterocycles. The first kappa shape index (κ1) is 17.6. The van der Waals surface area contributed by atoms with Crippen molar-refractivity contribution in [3.63, 3.8) is 0 Å². The van der Waals surface area contributed by atoms with Gasteiger partial charge in [0.1, 0.15) is 5.75 Å². The first-order chi connectivity index (χ1) is 9.15. The fourth-order valence-corrected chi connectivity index (χ4v) is 2.70. The Hall–Kier alpha value is -0.490. The lowest BCUT2D eigenvalue weighted by Crippen LogP contribution is -2.44. The Kier molecular flexibility index (Phi) is 7.66. The molecule has 20 heavy (non-hydrogen) atoms. The van der Waals surface area contributed by atoms with E-state index in [9.17, 15) is 4.79 Å². The molecule has 0 aliphatic carbocycles. The molecule has 1 fully saturated rings. The van der Waals surface area contributed by atoms with Crippen molar-refractivity contribution in [2.45, 2.75) is 18.9 Å². The Morgan fingerprint density at radius 1 is 1.45 bits per heavy atom. The highest BCUT2D eigenvalue weighted by molar-refractivity contribution is 9.10. The van der Waals surface area contributed by atoms with Crippen molar-refractivity contribution in [3.8, 4) is 5.75 Å². The van der Waals surface area contributed by atoms with Crippen LogP contribution in [0, 0.1) is 0 Å². The van der Waals surface area contributed by atoms with Crippen LogP contribution in [-0.4, -0.2) is 31.6 Å². The Morgan fingerprint density at radius 3 is 2.80 bits per heavy atom. The monoisotopic (exact) mass is 382 g/mol. The molecule has 1 saturated heterocycles. The number of benzene rings is 1. The average Bonchev–Trinajstić information content (AvgIpc) is 2.39. The highest BCUT2D eigenvalue weighted by atomic mass is 79.9. The van der Waals surface area contributed by atoms with Gasteiger partial charge in [-0.3, -0.25) is 4.79 Å². The summed E-state index contributed by atoms with van der Waals surface area (Å²) >= 11 is 9.33. The van der Waals surface area contributed by atoms with Crippen LogP contribution in [0.15, 0.2) is 22.7 Å². The van der Waals surface area contributed by atoms with E-state index in [2.05, 4.69) is 26.6 Å². The Balaban J connectivity index is 0.00000200. The quantitative estimate of drug-likeness (QED) is 0.840. The molecule has 0 saturated carbocycles. The predicted octanol–water partition coefficient (Wildman–Crippen LogP) is 2.77. The lowest BCUT2D eigenvalue weighted by atomic mass is 10.1. The molecule has 1 aromatic rings. The van der Waals surface area contributed by atoms with Crippen LogP contribution < -0.4 is 15.4 Å². The zero-order chi connectivity index (χ0) is 13.7. The lowest BCUT2D eigenvalue weighted by molar-refractivity contribution is -0.123. The highest BCUT2D eigenvalue weighted by Crippen LogP contribution is 2.27. The van der Waals surface area contributed by atoms with Gasteiger partial charge in [0, 0.05) is 10.5 Å². The van der Waals surface area contributed by atoms with Gasteiger partial charge in [-0.15, -0.1) is 12.4 Å². The zero-order valence-electron chi connectivity index (χ0n) is 10.8. The summed E-state index contributed by atoms with van der Waals surface area (Å²) in [6.07, 6.45) is 1.93. The molecule has 4 nitrogen and oxygen atoms in total. The van der Waals surface area contributed by atoms with Crippen LogP contribution in [0.25, 0.3) is 0 Å². The van der Waals surface area contributed by atoms with Crippen LogP contribution in [0.3, 0.4) is 0 Å². The molecule has 112 valence electrons. The summed E-state index contributed by atoms with van der Waals surface area (Å²) in [5.74, 6) is 0.413. The van der Waals surface area contributed by atoms with E-state index >= 15 is 0 Å². The van der Waals surface area contributed by atoms with Gasteiger partial charge in [0.15, 0.2) is 6.61 Å². The van der Waals surface area contributed by atoms with Gasteiger partial charge in [0.25, 0.3) is 5.91 Å². The van der Waals surface area contributed by atoms with Crippen molar-refractivity contribution in [2.75, 3.05) is 19.7 Å². The second-order valence-corrected chi connectivity index (χ2v) is 5.78. The fourth-order valence-electron chi connectivity index (χ4n) is 1.97. The third-order valence-electron chi connectivity index (χ3n) is 2.96. The molecule has 0 radical (unpaired) electrons. The normalized spacial score (nSPS) is 15.3. The van der Waals surface area contributed by atoms with E-state index in [0.29, 0.717) is 10.8 Å². The third-order valence-corrected chi connectivity index (χ3v) is 3.75. The van der Waals surface area contributed by atoms with Crippen molar-refractivity contribution in [2.24, 2.45) is 0 Å². The number of halogens is 3. The molecule has 0 atom stereocenters. The number of carbonyl (C=O) groups excluding carboxylic acids is 1. The van der Waals surface area contributed by atoms with Crippen LogP contribution in [0.4, 0.5) is 0 Å². The largest absolute Gasteiger partial charge is 0.482 e. The summed E-state index contributed by atoms with van der Waals surface area (Å²) in [4.78, 5) is 11.8. The zero-order valence-corrected chi connectivity index (χ0v) is 14.0. The number of carbonyl (C=O) groups is 1. The molecular formula is C13H17BrCl2N2O2. The molecule has 1 amide bonds. The molecule has 2 N–H and O–H groups in total. The minimum Gasteiger partial charge on any atom is -0.482 e. The lowest BCUT2D eigenvalue weighted by Gasteiger charge is -2.23. The van der Waals surface area contributed by atoms with Gasteiger partial charge in [0.05, 0.1) is 5.02 Å². The minimum absolute atomic E-state index is 0. The average molecular weight is 384 g/mol. The molecule has 1 aromatic carbocycles. The third kappa shape index (κ3) is 5.48. The summed E-state index contributed by atoms with van der Waals surface area (Å²) in [7, 11) is 0. The number of hydrogen-bond donors (Lipinski definition) is 2. The van der Waals surface area contributed by atoms with Gasteiger partial charge >= 0.3 is 0 Å². The maximum absolute atomic E-state index is 11.8. The van der Waals surface area contributed by atoms with E-state index in [0.717, 1.165) is 30.4 Å². The molecule has 2 rings (SSSR count). The second-order valence-electron chi connectivity index (χ2n) is 4.46. The second kappa shape index (κ2) is 8.72. The summed E-state index contributed by atoms with van der Waals surface area (Å²) in [6.45, 7) is 1.89. The van der Waals surface area contributed by atoms with Gasteiger partial charge in [-0.25, -0.2) is 0 Å². The van der Waals surface area contributed by atoms with Gasteiger partial charge in [-0.1, -0.05) is 27.5 Å². The van der Waals surface area contributed by atoms with Gasteiger partial charge < -0.3 is 15.4 Å². The number of amides is 1. The Labute approximate surface area is 138 Å². The van der Waals surface area contributed by atoms with Crippen LogP contribution in [-0.2, 0) is 4.79 Å². The van der Waals surface area contributed by atoms with Gasteiger partial charge in [-0.2, -0.15) is 0 Å². The Morgan fingerprint density at radius 2 is 2.15 bits per heavy atom. The van der Waals surface area contributed by atoms with Crippen LogP contribution in [0.2, 0.25) is 5.02 Å². The first-order valence-corrected chi connectivity index (χ1v) is 7.40. The van der Waals surface area contributed by atoms with Crippen molar-refractivity contribution >= 4 is 45.8 Å². The van der Waals surface area contributed by atoms with E-state index in [1.807, 2.05) is 6.07 Å². The number of piperidine rings is 1. The van der Waals surface area contributed by atoms with Crippen LogP contribution >= 0.6 is 39.9 Å². The number of hydrogen-bond acceptors (Lipinski definition) is 3. The predicted molar refractivity (Wildman–Crippen MR) is 85.9 cm³/mol. The number of rotatable bonds is 4. The SMILES string of the molecule is Cl.O=C(COc1ccc(Br)cc1Cl)NC1CCNCC1. The molecule has 0 spiro atoms. The number of nitrogens with one attached hydrogen (secondary N) is 2. The molecule has 0 bridgehead atoms. The maximum Gasteiger partial charge on any atom is 0.258 e. The standard InChI is InChI=1S/C13H16BrClN2O2.ClH/c14-9-1-2-12(11(15)7-9)19-8-13(18)17-10-3-5-16-6-4-10;/h1-2,7,10,16H,3-6,8H2,(H,17,18);1H. The maximum atomic E-state index is 11.8. The van der Waals surface area contributed by atoms with Crippen molar-refractivity contribution in [3.05, 3.63) is 27.7 Å². The number of ether oxygens (including phenoxy) is 1. The molecule has 7 heteroatoms. The van der Waals surface area contributed by atoms with E-state index < -0.39 is 0 Å². The smallest absolute Gasteiger partial charge is 0.258 e. The summed E-state index contributed by atoms with van der Waals surface area (Å²) < 4.78 is 6.29. The highest BCUT2D eigenvalue weighted by Gasteiger charge is 2.15. The summed E-state index contributed by atoms with van der Waals surface area (Å²) in [6, 6.07) is 5.55. The summed E-state index contributed by atoms with van der Waals surface area (Å²) in [5, 5.41) is 6.71. The molecule has 1 aliphatic heterocycles. The van der Waals surface area contributed by atoms with E-state index in [1.165, 1.54) is 0 Å². The first-order valence-electron chi connectivity index (χ1n) is 6.23. The van der Waals surface area contributed by atoms with E-state index in [-0.39, 0.29) is 31.0 Å². The van der Waals surface area contributed by atoms with Gasteiger partial charge in [0.2, 0.25) is 0 Å². The molecule has 0 aromatic heterocycles. The fraction of sp³-hybridized carbons (Fsp3) is 0.462. The molecule has 0 unspecified atom stereocenters. The van der Waals surface area contributed by atoms with Gasteiger partial charge in [-0.05, 0) is 44.1 Å². The van der Waals surface area contributed by atoms with E-state index in [4.69, 9.17) is 16.3 Å². The van der Waals surface area contributed by atoms with Crippen molar-refractivity contribution < 1.29 is 9.53 Å². The topological polar surface area (TPSA) is 50.4 Å². The Bertz CT molecular complexity index is 454. The van der Waals surface area contributed by atoms with Crippen molar-refractivity contribution in [1.29, 1.82) is 0 Å². The van der Waals surface area contributed by atoms with Crippen LogP contribution in [0.1, 0.15) is 12.8 Å². The molecular weight excluding hydrogens is 367 g/mol. The summed E-state index contributed by atoms with van der Waals surface area (Å²) in [5.41, 5.74) is 0. The molecule has 1 aliphatic rings. The van der Waals surface area contributed by atoms with Crippen molar-refractivity contribution in [1.82, 2.24) is 10.6 Å². The van der Waals surface area contributed by atoms with Crippen LogP contribution in [0.5, 0.6) is 5.75 Å². The minimum atomic E-state index is -0.106.